The van der Waals surface area contributed by atoms with Gasteiger partial charge in [-0.05, 0) is 36.3 Å². The third kappa shape index (κ3) is 2.68. The van der Waals surface area contributed by atoms with Gasteiger partial charge in [0.2, 0.25) is 0 Å². The Kier molecular flexibility index (Phi) is 3.13. The summed E-state index contributed by atoms with van der Waals surface area (Å²) in [5.74, 6) is 0.343. The summed E-state index contributed by atoms with van der Waals surface area (Å²) in [5, 5.41) is 1.34. The molecule has 0 atom stereocenters. The fourth-order valence-corrected chi connectivity index (χ4v) is 5.43. The second-order valence-corrected chi connectivity index (χ2v) is 9.30. The van der Waals surface area contributed by atoms with Gasteiger partial charge in [0, 0.05) is 42.5 Å². The SMILES string of the molecule is CS(=O)(=O)CC1(CN2CCc3c([nH]c4ccccc34)C2)CC1. The molecule has 2 aromatic rings. The number of aromatic nitrogens is 1. The maximum Gasteiger partial charge on any atom is 0.148 e. The van der Waals surface area contributed by atoms with E-state index in [0.717, 1.165) is 38.9 Å². The lowest BCUT2D eigenvalue weighted by molar-refractivity contribution is 0.210. The molecule has 0 bridgehead atoms. The first-order valence-electron chi connectivity index (χ1n) is 7.93. The van der Waals surface area contributed by atoms with E-state index in [9.17, 15) is 8.42 Å². The first kappa shape index (κ1) is 14.3. The first-order chi connectivity index (χ1) is 10.4. The molecule has 0 spiro atoms. The molecule has 0 saturated heterocycles. The molecule has 1 aliphatic heterocycles. The Bertz CT molecular complexity index is 818. The highest BCUT2D eigenvalue weighted by molar-refractivity contribution is 7.90. The fraction of sp³-hybridized carbons (Fsp3) is 0.529. The van der Waals surface area contributed by atoms with Gasteiger partial charge < -0.3 is 4.98 Å². The van der Waals surface area contributed by atoms with Crippen LogP contribution in [0.3, 0.4) is 0 Å². The molecule has 0 radical (unpaired) electrons. The third-order valence-corrected chi connectivity index (χ3v) is 6.18. The van der Waals surface area contributed by atoms with E-state index >= 15 is 0 Å². The van der Waals surface area contributed by atoms with Crippen LogP contribution in [0.5, 0.6) is 0 Å². The minimum absolute atomic E-state index is 0.0249. The van der Waals surface area contributed by atoms with E-state index in [1.54, 1.807) is 0 Å². The van der Waals surface area contributed by atoms with Gasteiger partial charge in [0.05, 0.1) is 5.75 Å². The number of nitrogens with one attached hydrogen (secondary N) is 1. The van der Waals surface area contributed by atoms with Gasteiger partial charge in [0.25, 0.3) is 0 Å². The van der Waals surface area contributed by atoms with Crippen molar-refractivity contribution in [2.45, 2.75) is 25.8 Å². The number of nitrogens with zero attached hydrogens (tertiary/aromatic N) is 1. The van der Waals surface area contributed by atoms with Crippen LogP contribution in [0.25, 0.3) is 10.9 Å². The van der Waals surface area contributed by atoms with Gasteiger partial charge >= 0.3 is 0 Å². The molecular weight excluding hydrogens is 296 g/mol. The number of sulfone groups is 1. The Morgan fingerprint density at radius 3 is 2.77 bits per heavy atom. The average Bonchev–Trinajstić information content (AvgIpc) is 3.07. The highest BCUT2D eigenvalue weighted by atomic mass is 32.2. The Hall–Kier alpha value is -1.33. The number of benzene rings is 1. The van der Waals surface area contributed by atoms with Crippen LogP contribution in [-0.2, 0) is 22.8 Å². The molecule has 1 aliphatic carbocycles. The highest BCUT2D eigenvalue weighted by Gasteiger charge is 2.46. The number of fused-ring (bicyclic) bond motifs is 3. The van der Waals surface area contributed by atoms with Gasteiger partial charge in [-0.1, -0.05) is 18.2 Å². The van der Waals surface area contributed by atoms with Crippen molar-refractivity contribution in [3.8, 4) is 0 Å². The van der Waals surface area contributed by atoms with Crippen LogP contribution in [-0.4, -0.2) is 43.4 Å². The molecule has 1 saturated carbocycles. The molecule has 0 unspecified atom stereocenters. The van der Waals surface area contributed by atoms with Crippen LogP contribution >= 0.6 is 0 Å². The maximum atomic E-state index is 11.6. The van der Waals surface area contributed by atoms with Gasteiger partial charge in [0.1, 0.15) is 9.84 Å². The molecule has 1 fully saturated rings. The molecular formula is C17H22N2O2S. The summed E-state index contributed by atoms with van der Waals surface area (Å²) in [6.07, 6.45) is 4.51. The van der Waals surface area contributed by atoms with Crippen molar-refractivity contribution in [2.75, 3.05) is 25.1 Å². The fourth-order valence-electron chi connectivity index (χ4n) is 3.94. The summed E-state index contributed by atoms with van der Waals surface area (Å²) in [5.41, 5.74) is 3.99. The monoisotopic (exact) mass is 318 g/mol. The van der Waals surface area contributed by atoms with E-state index < -0.39 is 9.84 Å². The molecule has 4 rings (SSSR count). The van der Waals surface area contributed by atoms with Gasteiger partial charge in [-0.2, -0.15) is 0 Å². The molecule has 2 aliphatic rings. The van der Waals surface area contributed by atoms with Crippen molar-refractivity contribution < 1.29 is 8.42 Å². The average molecular weight is 318 g/mol. The molecule has 22 heavy (non-hydrogen) atoms. The highest BCUT2D eigenvalue weighted by Crippen LogP contribution is 2.47. The smallest absolute Gasteiger partial charge is 0.148 e. The first-order valence-corrected chi connectivity index (χ1v) is 9.99. The minimum Gasteiger partial charge on any atom is -0.357 e. The zero-order valence-electron chi connectivity index (χ0n) is 12.9. The van der Waals surface area contributed by atoms with E-state index in [2.05, 4.69) is 34.1 Å². The number of H-pyrrole nitrogens is 1. The van der Waals surface area contributed by atoms with Crippen molar-refractivity contribution >= 4 is 20.7 Å². The predicted octanol–water partition coefficient (Wildman–Crippen LogP) is 2.35. The van der Waals surface area contributed by atoms with Crippen LogP contribution in [0, 0.1) is 5.41 Å². The summed E-state index contributed by atoms with van der Waals surface area (Å²) < 4.78 is 23.2. The lowest BCUT2D eigenvalue weighted by atomic mass is 10.0. The molecule has 4 nitrogen and oxygen atoms in total. The van der Waals surface area contributed by atoms with E-state index in [1.165, 1.54) is 28.4 Å². The summed E-state index contributed by atoms with van der Waals surface area (Å²) in [7, 11) is -2.89. The largest absolute Gasteiger partial charge is 0.357 e. The molecule has 2 heterocycles. The Morgan fingerprint density at radius 1 is 1.27 bits per heavy atom. The summed E-state index contributed by atoms with van der Waals surface area (Å²) >= 11 is 0. The Morgan fingerprint density at radius 2 is 2.05 bits per heavy atom. The van der Waals surface area contributed by atoms with E-state index in [4.69, 9.17) is 0 Å². The maximum absolute atomic E-state index is 11.6. The normalized spacial score (nSPS) is 21.0. The van der Waals surface area contributed by atoms with Crippen molar-refractivity contribution in [3.05, 3.63) is 35.5 Å². The lowest BCUT2D eigenvalue weighted by Crippen LogP contribution is -2.37. The van der Waals surface area contributed by atoms with Crippen LogP contribution < -0.4 is 0 Å². The molecule has 1 aromatic heterocycles. The summed E-state index contributed by atoms with van der Waals surface area (Å²) in [4.78, 5) is 5.97. The standard InChI is InChI=1S/C17H22N2O2S/c1-22(20,21)12-17(7-8-17)11-19-9-6-14-13-4-2-3-5-15(13)18-16(14)10-19/h2-5,18H,6-12H2,1H3. The van der Waals surface area contributed by atoms with Gasteiger partial charge in [0.15, 0.2) is 0 Å². The zero-order valence-corrected chi connectivity index (χ0v) is 13.7. The number of hydrogen-bond acceptors (Lipinski definition) is 3. The molecule has 1 N–H and O–H groups in total. The van der Waals surface area contributed by atoms with Crippen molar-refractivity contribution in [1.82, 2.24) is 9.88 Å². The molecule has 118 valence electrons. The van der Waals surface area contributed by atoms with Gasteiger partial charge in [-0.15, -0.1) is 0 Å². The topological polar surface area (TPSA) is 53.2 Å². The quantitative estimate of drug-likeness (QED) is 0.941. The molecule has 0 amide bonds. The van der Waals surface area contributed by atoms with E-state index in [0.29, 0.717) is 5.75 Å². The van der Waals surface area contributed by atoms with Crippen molar-refractivity contribution in [1.29, 1.82) is 0 Å². The minimum atomic E-state index is -2.89. The zero-order chi connectivity index (χ0) is 15.4. The number of aromatic amines is 1. The number of rotatable bonds is 4. The summed E-state index contributed by atoms with van der Waals surface area (Å²) in [6, 6.07) is 8.47. The second-order valence-electron chi connectivity index (χ2n) is 7.16. The van der Waals surface area contributed by atoms with Crippen LogP contribution in [0.1, 0.15) is 24.1 Å². The van der Waals surface area contributed by atoms with Crippen molar-refractivity contribution in [2.24, 2.45) is 5.41 Å². The van der Waals surface area contributed by atoms with Gasteiger partial charge in [-0.25, -0.2) is 8.42 Å². The molecule has 5 heteroatoms. The summed E-state index contributed by atoms with van der Waals surface area (Å²) in [6.45, 7) is 2.85. The molecule has 1 aromatic carbocycles. The van der Waals surface area contributed by atoms with Crippen LogP contribution in [0.15, 0.2) is 24.3 Å². The van der Waals surface area contributed by atoms with E-state index in [-0.39, 0.29) is 5.41 Å². The van der Waals surface area contributed by atoms with E-state index in [1.807, 2.05) is 0 Å². The lowest BCUT2D eigenvalue weighted by Gasteiger charge is -2.30. The number of para-hydroxylation sites is 1. The van der Waals surface area contributed by atoms with Gasteiger partial charge in [-0.3, -0.25) is 4.90 Å². The van der Waals surface area contributed by atoms with Crippen LogP contribution in [0.2, 0.25) is 0 Å². The predicted molar refractivity (Wildman–Crippen MR) is 88.7 cm³/mol. The third-order valence-electron chi connectivity index (χ3n) is 5.05. The van der Waals surface area contributed by atoms with Crippen LogP contribution in [0.4, 0.5) is 0 Å². The Labute approximate surface area is 131 Å². The Balaban J connectivity index is 1.53. The number of hydrogen-bond donors (Lipinski definition) is 1. The van der Waals surface area contributed by atoms with Crippen molar-refractivity contribution in [3.63, 3.8) is 0 Å². The second kappa shape index (κ2) is 4.83.